The van der Waals surface area contributed by atoms with Crippen LogP contribution in [-0.4, -0.2) is 79.5 Å². The van der Waals surface area contributed by atoms with Crippen LogP contribution < -0.4 is 0 Å². The van der Waals surface area contributed by atoms with Gasteiger partial charge in [-0.15, -0.1) is 0 Å². The van der Waals surface area contributed by atoms with Gasteiger partial charge in [0.05, 0.1) is 0 Å². The van der Waals surface area contributed by atoms with Crippen molar-refractivity contribution in [3.8, 4) is 0 Å². The van der Waals surface area contributed by atoms with E-state index in [1.165, 1.54) is 0 Å². The smallest absolute Gasteiger partial charge is 0.396 e. The van der Waals surface area contributed by atoms with Gasteiger partial charge in [0.15, 0.2) is 12.2 Å². The monoisotopic (exact) mass is 402 g/mol. The Balaban J connectivity index is 2.29. The first-order chi connectivity index (χ1) is 12.4. The summed E-state index contributed by atoms with van der Waals surface area (Å²) in [6, 6.07) is 0. The molecule has 0 unspecified atom stereocenters. The number of hydrogen-bond donors (Lipinski definition) is 0. The van der Waals surface area contributed by atoms with Crippen molar-refractivity contribution in [3.05, 3.63) is 12.2 Å². The van der Waals surface area contributed by atoms with Gasteiger partial charge in [0.25, 0.3) is 11.8 Å². The molecule has 27 heavy (non-hydrogen) atoms. The first kappa shape index (κ1) is 21.5. The zero-order valence-electron chi connectivity index (χ0n) is 14.2. The average Bonchev–Trinajstić information content (AvgIpc) is 2.95. The van der Waals surface area contributed by atoms with Crippen LogP contribution >= 0.6 is 0 Å². The van der Waals surface area contributed by atoms with Gasteiger partial charge in [0.2, 0.25) is 0 Å². The van der Waals surface area contributed by atoms with E-state index >= 15 is 0 Å². The predicted molar refractivity (Wildman–Crippen MR) is 80.4 cm³/mol. The third-order valence-corrected chi connectivity index (χ3v) is 3.93. The maximum absolute atomic E-state index is 12.7. The van der Waals surface area contributed by atoms with E-state index in [0.29, 0.717) is 9.80 Å². The van der Waals surface area contributed by atoms with Crippen LogP contribution in [0.15, 0.2) is 12.2 Å². The minimum absolute atomic E-state index is 0.0859. The molecule has 2 aliphatic rings. The molecule has 0 aromatic heterocycles. The van der Waals surface area contributed by atoms with Crippen molar-refractivity contribution in [3.63, 3.8) is 0 Å². The molecule has 152 valence electrons. The molecular weight excluding hydrogens is 385 g/mol. The molecule has 0 aromatic rings. The minimum Gasteiger partial charge on any atom is -0.396 e. The molecule has 2 aliphatic heterocycles. The lowest BCUT2D eigenvalue weighted by atomic mass is 9.85. The molecule has 0 bridgehead atoms. The number of allylic oxidation sites excluding steroid dienone is 2. The largest absolute Gasteiger partial charge is 0.462 e. The summed E-state index contributed by atoms with van der Waals surface area (Å²) in [7, 11) is -1.12. The number of carbonyl (C=O) groups is 2. The Bertz CT molecular complexity index is 553. The summed E-state index contributed by atoms with van der Waals surface area (Å²) < 4.78 is 87.0. The SMILES string of the molecule is C/C=C/CB1O[C@H]2C(=O)N(CC(F)(F)F)CCN(CC(F)(F)F)C(=O)[C@@H]2O1. The van der Waals surface area contributed by atoms with E-state index < -0.39 is 69.7 Å². The van der Waals surface area contributed by atoms with Crippen molar-refractivity contribution in [1.29, 1.82) is 0 Å². The molecule has 0 saturated carbocycles. The van der Waals surface area contributed by atoms with Gasteiger partial charge in [-0.05, 0) is 6.92 Å². The van der Waals surface area contributed by atoms with Crippen LogP contribution in [-0.2, 0) is 18.9 Å². The molecule has 2 amide bonds. The van der Waals surface area contributed by atoms with E-state index in [0.717, 1.165) is 0 Å². The number of halogens is 6. The standard InChI is InChI=1S/C14H17BF6N2O4/c1-2-3-4-15-26-9-10(27-15)12(25)23(8-14(19,20)21)6-5-22(11(9)24)7-13(16,17)18/h2-3,9-10H,4-8H2,1H3/b3-2+/t9-,10-/m1/s1. The van der Waals surface area contributed by atoms with Crippen molar-refractivity contribution in [2.75, 3.05) is 26.2 Å². The second-order valence-electron chi connectivity index (χ2n) is 6.10. The van der Waals surface area contributed by atoms with Gasteiger partial charge < -0.3 is 19.1 Å². The van der Waals surface area contributed by atoms with Crippen LogP contribution in [0.1, 0.15) is 6.92 Å². The van der Waals surface area contributed by atoms with E-state index in [4.69, 9.17) is 9.31 Å². The summed E-state index contributed by atoms with van der Waals surface area (Å²) in [5, 5.41) is 0. The van der Waals surface area contributed by atoms with Crippen molar-refractivity contribution < 1.29 is 45.2 Å². The fourth-order valence-electron chi connectivity index (χ4n) is 2.80. The molecule has 2 saturated heterocycles. The van der Waals surface area contributed by atoms with Gasteiger partial charge in [-0.1, -0.05) is 12.2 Å². The number of alkyl halides is 6. The number of hydrogen-bond acceptors (Lipinski definition) is 4. The predicted octanol–water partition coefficient (Wildman–Crippen LogP) is 1.63. The quantitative estimate of drug-likeness (QED) is 0.408. The molecule has 2 heterocycles. The molecule has 0 spiro atoms. The topological polar surface area (TPSA) is 59.1 Å². The van der Waals surface area contributed by atoms with Crippen molar-refractivity contribution in [1.82, 2.24) is 9.80 Å². The van der Waals surface area contributed by atoms with Crippen LogP contribution in [0.5, 0.6) is 0 Å². The summed E-state index contributed by atoms with van der Waals surface area (Å²) >= 11 is 0. The second-order valence-corrected chi connectivity index (χ2v) is 6.10. The first-order valence-corrected chi connectivity index (χ1v) is 8.04. The molecule has 0 aliphatic carbocycles. The maximum Gasteiger partial charge on any atom is 0.462 e. The van der Waals surface area contributed by atoms with Crippen molar-refractivity contribution in [2.45, 2.75) is 37.8 Å². The lowest BCUT2D eigenvalue weighted by molar-refractivity contribution is -0.178. The highest BCUT2D eigenvalue weighted by atomic mass is 19.4. The molecule has 2 fully saturated rings. The Morgan fingerprint density at radius 2 is 1.37 bits per heavy atom. The number of carbonyl (C=O) groups excluding carboxylic acids is 2. The summed E-state index contributed by atoms with van der Waals surface area (Å²) in [5.41, 5.74) is 0. The lowest BCUT2D eigenvalue weighted by Gasteiger charge is -2.35. The van der Waals surface area contributed by atoms with Gasteiger partial charge >= 0.3 is 19.5 Å². The van der Waals surface area contributed by atoms with E-state index in [1.807, 2.05) is 0 Å². The third kappa shape index (κ3) is 5.86. The second kappa shape index (κ2) is 8.09. The third-order valence-electron chi connectivity index (χ3n) is 3.93. The van der Waals surface area contributed by atoms with Crippen LogP contribution in [0.25, 0.3) is 0 Å². The lowest BCUT2D eigenvalue weighted by Crippen LogP contribution is -2.58. The van der Waals surface area contributed by atoms with Crippen LogP contribution in [0.3, 0.4) is 0 Å². The molecular formula is C14H17BF6N2O4. The Morgan fingerprint density at radius 3 is 1.70 bits per heavy atom. The molecule has 6 nitrogen and oxygen atoms in total. The Hall–Kier alpha value is -1.76. The fraction of sp³-hybridized carbons (Fsp3) is 0.714. The minimum atomic E-state index is -4.76. The highest BCUT2D eigenvalue weighted by Crippen LogP contribution is 2.28. The van der Waals surface area contributed by atoms with Gasteiger partial charge in [0, 0.05) is 19.4 Å². The van der Waals surface area contributed by atoms with Crippen LogP contribution in [0.4, 0.5) is 26.3 Å². The first-order valence-electron chi connectivity index (χ1n) is 8.04. The zero-order valence-corrected chi connectivity index (χ0v) is 14.2. The van der Waals surface area contributed by atoms with Gasteiger partial charge in [-0.3, -0.25) is 9.59 Å². The van der Waals surface area contributed by atoms with Gasteiger partial charge in [-0.25, -0.2) is 0 Å². The van der Waals surface area contributed by atoms with Crippen LogP contribution in [0.2, 0.25) is 6.32 Å². The normalized spacial score (nSPS) is 25.2. The fourth-order valence-corrected chi connectivity index (χ4v) is 2.80. The molecule has 13 heteroatoms. The van der Waals surface area contributed by atoms with E-state index in [2.05, 4.69) is 0 Å². The maximum atomic E-state index is 12.7. The molecule has 2 rings (SSSR count). The van der Waals surface area contributed by atoms with Crippen molar-refractivity contribution in [2.24, 2.45) is 0 Å². The van der Waals surface area contributed by atoms with E-state index in [-0.39, 0.29) is 6.32 Å². The molecule has 0 aromatic carbocycles. The van der Waals surface area contributed by atoms with Crippen molar-refractivity contribution >= 4 is 18.9 Å². The van der Waals surface area contributed by atoms with Gasteiger partial charge in [-0.2, -0.15) is 26.3 Å². The highest BCUT2D eigenvalue weighted by molar-refractivity contribution is 6.46. The average molecular weight is 402 g/mol. The number of nitrogens with zero attached hydrogens (tertiary/aromatic N) is 2. The highest BCUT2D eigenvalue weighted by Gasteiger charge is 2.52. The summed E-state index contributed by atoms with van der Waals surface area (Å²) in [5.74, 6) is -2.28. The molecule has 0 radical (unpaired) electrons. The summed E-state index contributed by atoms with van der Waals surface area (Å²) in [6.07, 6.45) is -9.71. The Kier molecular flexibility index (Phi) is 6.45. The Labute approximate surface area is 151 Å². The van der Waals surface area contributed by atoms with Crippen LogP contribution in [0, 0.1) is 0 Å². The summed E-state index contributed by atoms with van der Waals surface area (Å²) in [6.45, 7) is -3.05. The molecule has 0 N–H and O–H groups in total. The zero-order chi connectivity index (χ0) is 20.4. The Morgan fingerprint density at radius 1 is 0.963 bits per heavy atom. The van der Waals surface area contributed by atoms with Gasteiger partial charge in [0.1, 0.15) is 13.1 Å². The molecule has 2 atom stereocenters. The van der Waals surface area contributed by atoms with E-state index in [9.17, 15) is 35.9 Å². The van der Waals surface area contributed by atoms with E-state index in [1.54, 1.807) is 19.1 Å². The summed E-state index contributed by atoms with van der Waals surface area (Å²) in [4.78, 5) is 25.5. The number of fused-ring (bicyclic) bond motifs is 1. The number of amides is 2. The number of rotatable bonds is 4.